The van der Waals surface area contributed by atoms with E-state index in [1.807, 2.05) is 53.4 Å². The molecule has 0 bridgehead atoms. The molecule has 2 saturated heterocycles. The van der Waals surface area contributed by atoms with Gasteiger partial charge in [-0.1, -0.05) is 24.3 Å². The summed E-state index contributed by atoms with van der Waals surface area (Å²) in [4.78, 5) is 41.1. The third-order valence-corrected chi connectivity index (χ3v) is 6.35. The van der Waals surface area contributed by atoms with Crippen LogP contribution in [0.5, 0.6) is 0 Å². The summed E-state index contributed by atoms with van der Waals surface area (Å²) in [6.45, 7) is 1.58. The van der Waals surface area contributed by atoms with Crippen LogP contribution in [-0.4, -0.2) is 30.8 Å². The van der Waals surface area contributed by atoms with Crippen molar-refractivity contribution in [2.75, 3.05) is 22.9 Å². The highest BCUT2D eigenvalue weighted by Crippen LogP contribution is 2.31. The fourth-order valence-electron chi connectivity index (χ4n) is 4.06. The van der Waals surface area contributed by atoms with Crippen molar-refractivity contribution in [3.05, 3.63) is 58.6 Å². The fourth-order valence-corrected chi connectivity index (χ4v) is 4.56. The predicted octanol–water partition coefficient (Wildman–Crippen LogP) is 3.64. The lowest BCUT2D eigenvalue weighted by atomic mass is 10.1. The zero-order valence-corrected chi connectivity index (χ0v) is 18.2. The molecular weight excluding hydrogens is 446 g/mol. The maximum Gasteiger partial charge on any atom is 0.239 e. The largest absolute Gasteiger partial charge is 0.351 e. The van der Waals surface area contributed by atoms with E-state index in [1.165, 1.54) is 0 Å². The van der Waals surface area contributed by atoms with Gasteiger partial charge in [0.15, 0.2) is 0 Å². The third-order valence-electron chi connectivity index (χ3n) is 5.68. The molecule has 4 rings (SSSR count). The van der Waals surface area contributed by atoms with Crippen LogP contribution in [0.4, 0.5) is 11.4 Å². The second-order valence-corrected chi connectivity index (χ2v) is 8.53. The summed E-state index contributed by atoms with van der Waals surface area (Å²) in [6.07, 6.45) is 3.02. The Hall–Kier alpha value is -2.67. The molecule has 30 heavy (non-hydrogen) atoms. The summed E-state index contributed by atoms with van der Waals surface area (Å²) in [7, 11) is 0. The van der Waals surface area contributed by atoms with Crippen molar-refractivity contribution in [1.29, 1.82) is 0 Å². The van der Waals surface area contributed by atoms with Crippen LogP contribution in [0.15, 0.2) is 53.0 Å². The Morgan fingerprint density at radius 3 is 2.67 bits per heavy atom. The van der Waals surface area contributed by atoms with Crippen LogP contribution >= 0.6 is 15.9 Å². The van der Waals surface area contributed by atoms with Crippen molar-refractivity contribution in [2.45, 2.75) is 32.2 Å². The van der Waals surface area contributed by atoms with E-state index in [1.54, 1.807) is 4.90 Å². The molecule has 2 heterocycles. The van der Waals surface area contributed by atoms with Crippen LogP contribution in [0.1, 0.15) is 31.2 Å². The quantitative estimate of drug-likeness (QED) is 0.679. The van der Waals surface area contributed by atoms with E-state index in [-0.39, 0.29) is 17.7 Å². The average molecular weight is 470 g/mol. The number of benzene rings is 2. The van der Waals surface area contributed by atoms with Gasteiger partial charge in [-0.15, -0.1) is 0 Å². The summed E-state index contributed by atoms with van der Waals surface area (Å²) in [5, 5.41) is 2.90. The van der Waals surface area contributed by atoms with Crippen LogP contribution in [0.3, 0.4) is 0 Å². The maximum atomic E-state index is 12.8. The van der Waals surface area contributed by atoms with Crippen molar-refractivity contribution in [2.24, 2.45) is 5.92 Å². The standard InChI is InChI=1S/C23H24BrN3O3/c24-19-8-1-2-9-20(19)27-13-11-18(23(27)30)22(29)25-15-16-6-5-7-17(14-16)26-12-4-3-10-21(26)28/h1-2,5-9,14,18H,3-4,10-13,15H2,(H,25,29). The summed E-state index contributed by atoms with van der Waals surface area (Å²) in [5.41, 5.74) is 2.56. The Balaban J connectivity index is 1.38. The number of piperidine rings is 1. The number of nitrogens with zero attached hydrogens (tertiary/aromatic N) is 2. The van der Waals surface area contributed by atoms with Gasteiger partial charge in [-0.05, 0) is 65.0 Å². The Kier molecular flexibility index (Phi) is 6.18. The van der Waals surface area contributed by atoms with Gasteiger partial charge in [-0.2, -0.15) is 0 Å². The number of amides is 3. The van der Waals surface area contributed by atoms with E-state index in [2.05, 4.69) is 21.2 Å². The number of carbonyl (C=O) groups excluding carboxylic acids is 3. The van der Waals surface area contributed by atoms with Gasteiger partial charge in [0.2, 0.25) is 17.7 Å². The molecule has 0 saturated carbocycles. The Labute approximate surface area is 184 Å². The number of carbonyl (C=O) groups is 3. The first-order valence-corrected chi connectivity index (χ1v) is 11.1. The molecule has 2 aliphatic heterocycles. The van der Waals surface area contributed by atoms with Gasteiger partial charge >= 0.3 is 0 Å². The summed E-state index contributed by atoms with van der Waals surface area (Å²) >= 11 is 3.47. The van der Waals surface area contributed by atoms with Gasteiger partial charge in [0.05, 0.1) is 5.69 Å². The molecule has 2 aromatic carbocycles. The van der Waals surface area contributed by atoms with E-state index in [4.69, 9.17) is 0 Å². The van der Waals surface area contributed by atoms with Gasteiger partial charge < -0.3 is 15.1 Å². The Morgan fingerprint density at radius 2 is 1.87 bits per heavy atom. The van der Waals surface area contributed by atoms with Crippen molar-refractivity contribution in [3.8, 4) is 0 Å². The third kappa shape index (κ3) is 4.26. The predicted molar refractivity (Wildman–Crippen MR) is 119 cm³/mol. The van der Waals surface area contributed by atoms with Crippen LogP contribution in [0, 0.1) is 5.92 Å². The average Bonchev–Trinajstić information content (AvgIpc) is 3.14. The molecule has 1 atom stereocenters. The highest BCUT2D eigenvalue weighted by atomic mass is 79.9. The van der Waals surface area contributed by atoms with Gasteiger partial charge in [-0.25, -0.2) is 0 Å². The van der Waals surface area contributed by atoms with E-state index < -0.39 is 5.92 Å². The molecule has 1 unspecified atom stereocenters. The SMILES string of the molecule is O=C(NCc1cccc(N2CCCCC2=O)c1)C1CCN(c2ccccc2Br)C1=O. The number of anilines is 2. The molecule has 6 nitrogen and oxygen atoms in total. The molecule has 2 aromatic rings. The van der Waals surface area contributed by atoms with Crippen molar-refractivity contribution in [1.82, 2.24) is 5.32 Å². The molecule has 7 heteroatoms. The van der Waals surface area contributed by atoms with Gasteiger partial charge in [0.25, 0.3) is 0 Å². The van der Waals surface area contributed by atoms with Crippen LogP contribution in [0.2, 0.25) is 0 Å². The minimum absolute atomic E-state index is 0.145. The zero-order valence-electron chi connectivity index (χ0n) is 16.6. The molecule has 2 aliphatic rings. The number of hydrogen-bond donors (Lipinski definition) is 1. The van der Waals surface area contributed by atoms with Crippen LogP contribution in [0.25, 0.3) is 0 Å². The van der Waals surface area contributed by atoms with Crippen LogP contribution < -0.4 is 15.1 Å². The molecule has 0 aromatic heterocycles. The van der Waals surface area contributed by atoms with Gasteiger partial charge in [0, 0.05) is 36.2 Å². The highest BCUT2D eigenvalue weighted by molar-refractivity contribution is 9.10. The molecule has 3 amide bonds. The van der Waals surface area contributed by atoms with Crippen molar-refractivity contribution < 1.29 is 14.4 Å². The number of para-hydroxylation sites is 1. The summed E-state index contributed by atoms with van der Waals surface area (Å²) in [6, 6.07) is 15.2. The highest BCUT2D eigenvalue weighted by Gasteiger charge is 2.38. The van der Waals surface area contributed by atoms with Gasteiger partial charge in [-0.3, -0.25) is 14.4 Å². The second-order valence-electron chi connectivity index (χ2n) is 7.67. The van der Waals surface area contributed by atoms with Crippen molar-refractivity contribution >= 4 is 45.0 Å². The number of nitrogens with one attached hydrogen (secondary N) is 1. The van der Waals surface area contributed by atoms with E-state index in [0.717, 1.165) is 40.8 Å². The number of halogens is 1. The number of rotatable bonds is 5. The normalized spacial score (nSPS) is 19.3. The smallest absolute Gasteiger partial charge is 0.239 e. The lowest BCUT2D eigenvalue weighted by Gasteiger charge is -2.27. The Morgan fingerprint density at radius 1 is 1.03 bits per heavy atom. The first-order valence-electron chi connectivity index (χ1n) is 10.3. The lowest BCUT2D eigenvalue weighted by Crippen LogP contribution is -2.37. The van der Waals surface area contributed by atoms with E-state index >= 15 is 0 Å². The first kappa shape index (κ1) is 20.6. The summed E-state index contributed by atoms with van der Waals surface area (Å²) in [5.74, 6) is -0.962. The number of hydrogen-bond acceptors (Lipinski definition) is 3. The molecule has 2 fully saturated rings. The van der Waals surface area contributed by atoms with Crippen LogP contribution in [-0.2, 0) is 20.9 Å². The zero-order chi connectivity index (χ0) is 21.1. The minimum atomic E-state index is -0.677. The Bertz CT molecular complexity index is 978. The maximum absolute atomic E-state index is 12.8. The van der Waals surface area contributed by atoms with Gasteiger partial charge in [0.1, 0.15) is 5.92 Å². The second kappa shape index (κ2) is 9.00. The molecule has 0 aliphatic carbocycles. The topological polar surface area (TPSA) is 69.7 Å². The van der Waals surface area contributed by atoms with E-state index in [9.17, 15) is 14.4 Å². The molecule has 0 radical (unpaired) electrons. The first-order chi connectivity index (χ1) is 14.5. The van der Waals surface area contributed by atoms with Crippen molar-refractivity contribution in [3.63, 3.8) is 0 Å². The fraction of sp³-hybridized carbons (Fsp3) is 0.348. The lowest BCUT2D eigenvalue weighted by molar-refractivity contribution is -0.132. The molecule has 156 valence electrons. The minimum Gasteiger partial charge on any atom is -0.351 e. The summed E-state index contributed by atoms with van der Waals surface area (Å²) < 4.78 is 0.837. The molecule has 0 spiro atoms. The molecular formula is C23H24BrN3O3. The molecule has 1 N–H and O–H groups in total. The monoisotopic (exact) mass is 469 g/mol. The van der Waals surface area contributed by atoms with E-state index in [0.29, 0.717) is 25.9 Å².